The van der Waals surface area contributed by atoms with Crippen LogP contribution in [0.3, 0.4) is 0 Å². The van der Waals surface area contributed by atoms with E-state index in [1.807, 2.05) is 27.7 Å². The Hall–Kier alpha value is -1.84. The van der Waals surface area contributed by atoms with Crippen LogP contribution in [0.4, 0.5) is 0 Å². The van der Waals surface area contributed by atoms with Gasteiger partial charge < -0.3 is 9.47 Å². The van der Waals surface area contributed by atoms with Crippen LogP contribution in [0.15, 0.2) is 0 Å². The lowest BCUT2D eigenvalue weighted by molar-refractivity contribution is -0.133. The smallest absolute Gasteiger partial charge is 0.308 e. The molecule has 1 aromatic carbocycles. The van der Waals surface area contributed by atoms with E-state index in [9.17, 15) is 9.59 Å². The van der Waals surface area contributed by atoms with Gasteiger partial charge in [0.15, 0.2) is 0 Å². The third kappa shape index (κ3) is 2.70. The third-order valence-corrected chi connectivity index (χ3v) is 2.98. The first-order valence-electron chi connectivity index (χ1n) is 5.72. The average molecular weight is 250 g/mol. The number of carbonyl (C=O) groups is 2. The molecule has 4 nitrogen and oxygen atoms in total. The number of carbonyl (C=O) groups excluding carboxylic acids is 2. The van der Waals surface area contributed by atoms with E-state index in [-0.39, 0.29) is 11.9 Å². The molecule has 18 heavy (non-hydrogen) atoms. The van der Waals surface area contributed by atoms with Gasteiger partial charge in [-0.1, -0.05) is 0 Å². The Kier molecular flexibility index (Phi) is 4.11. The number of hydrogen-bond donors (Lipinski definition) is 0. The van der Waals surface area contributed by atoms with E-state index < -0.39 is 0 Å². The van der Waals surface area contributed by atoms with Gasteiger partial charge in [0.05, 0.1) is 0 Å². The molecule has 0 aromatic heterocycles. The minimum absolute atomic E-state index is 0.361. The molecule has 0 atom stereocenters. The van der Waals surface area contributed by atoms with E-state index in [1.54, 1.807) is 0 Å². The maximum Gasteiger partial charge on any atom is 0.308 e. The highest BCUT2D eigenvalue weighted by Crippen LogP contribution is 2.37. The van der Waals surface area contributed by atoms with E-state index in [0.29, 0.717) is 11.5 Å². The zero-order valence-electron chi connectivity index (χ0n) is 11.6. The Morgan fingerprint density at radius 3 is 1.06 bits per heavy atom. The molecule has 0 aliphatic heterocycles. The van der Waals surface area contributed by atoms with Crippen LogP contribution in [0.25, 0.3) is 0 Å². The first kappa shape index (κ1) is 14.2. The molecule has 4 heteroatoms. The fourth-order valence-electron chi connectivity index (χ4n) is 1.84. The Morgan fingerprint density at radius 1 is 0.667 bits per heavy atom. The van der Waals surface area contributed by atoms with Crippen molar-refractivity contribution in [3.63, 3.8) is 0 Å². The van der Waals surface area contributed by atoms with Gasteiger partial charge in [-0.2, -0.15) is 0 Å². The van der Waals surface area contributed by atoms with Crippen molar-refractivity contribution in [2.75, 3.05) is 0 Å². The lowest BCUT2D eigenvalue weighted by Gasteiger charge is -2.18. The highest BCUT2D eigenvalue weighted by atomic mass is 16.5. The molecule has 1 aromatic rings. The predicted molar refractivity (Wildman–Crippen MR) is 68.0 cm³/mol. The summed E-state index contributed by atoms with van der Waals surface area (Å²) < 4.78 is 10.4. The second kappa shape index (κ2) is 5.21. The second-order valence-corrected chi connectivity index (χ2v) is 4.35. The van der Waals surface area contributed by atoms with Gasteiger partial charge in [0.2, 0.25) is 0 Å². The molecule has 0 aliphatic carbocycles. The molecule has 0 fully saturated rings. The van der Waals surface area contributed by atoms with E-state index in [0.717, 1.165) is 22.3 Å². The summed E-state index contributed by atoms with van der Waals surface area (Å²) in [6.07, 6.45) is 0. The third-order valence-electron chi connectivity index (χ3n) is 2.98. The summed E-state index contributed by atoms with van der Waals surface area (Å²) in [7, 11) is 0. The maximum absolute atomic E-state index is 11.1. The maximum atomic E-state index is 11.1. The van der Waals surface area contributed by atoms with Crippen LogP contribution < -0.4 is 9.47 Å². The molecule has 0 bridgehead atoms. The number of hydrogen-bond acceptors (Lipinski definition) is 4. The molecule has 0 saturated carbocycles. The molecular weight excluding hydrogens is 232 g/mol. The topological polar surface area (TPSA) is 52.6 Å². The standard InChI is InChI=1S/C14H18O4/c1-7-8(2)14(18-12(6)16)10(4)9(3)13(7)17-11(5)15/h1-6H3. The summed E-state index contributed by atoms with van der Waals surface area (Å²) >= 11 is 0. The Morgan fingerprint density at radius 2 is 0.889 bits per heavy atom. The normalized spacial score (nSPS) is 10.1. The molecule has 0 saturated heterocycles. The van der Waals surface area contributed by atoms with E-state index in [1.165, 1.54) is 13.8 Å². The van der Waals surface area contributed by atoms with E-state index in [4.69, 9.17) is 9.47 Å². The zero-order valence-corrected chi connectivity index (χ0v) is 11.6. The van der Waals surface area contributed by atoms with Gasteiger partial charge in [0.25, 0.3) is 0 Å². The largest absolute Gasteiger partial charge is 0.426 e. The molecule has 0 amide bonds. The van der Waals surface area contributed by atoms with Crippen molar-refractivity contribution < 1.29 is 19.1 Å². The van der Waals surface area contributed by atoms with Gasteiger partial charge in [-0.15, -0.1) is 0 Å². The van der Waals surface area contributed by atoms with Gasteiger partial charge >= 0.3 is 11.9 Å². The van der Waals surface area contributed by atoms with Crippen molar-refractivity contribution in [2.24, 2.45) is 0 Å². The van der Waals surface area contributed by atoms with Crippen molar-refractivity contribution in [1.29, 1.82) is 0 Å². The molecule has 0 spiro atoms. The first-order valence-corrected chi connectivity index (χ1v) is 5.72. The van der Waals surface area contributed by atoms with Crippen LogP contribution >= 0.6 is 0 Å². The van der Waals surface area contributed by atoms with Crippen molar-refractivity contribution in [2.45, 2.75) is 41.5 Å². The molecule has 0 N–H and O–H groups in total. The molecule has 0 radical (unpaired) electrons. The quantitative estimate of drug-likeness (QED) is 0.598. The SMILES string of the molecule is CC(=O)Oc1c(C)c(C)c(OC(C)=O)c(C)c1C. The van der Waals surface area contributed by atoms with Crippen LogP contribution in [0.2, 0.25) is 0 Å². The van der Waals surface area contributed by atoms with Crippen LogP contribution in [0.5, 0.6) is 11.5 Å². The minimum atomic E-state index is -0.361. The lowest BCUT2D eigenvalue weighted by atomic mass is 9.98. The summed E-state index contributed by atoms with van der Waals surface area (Å²) in [6, 6.07) is 0. The summed E-state index contributed by atoms with van der Waals surface area (Å²) in [6.45, 7) is 10.1. The van der Waals surface area contributed by atoms with Crippen molar-refractivity contribution in [3.05, 3.63) is 22.3 Å². The molecule has 98 valence electrons. The molecule has 1 rings (SSSR count). The minimum Gasteiger partial charge on any atom is -0.426 e. The number of esters is 2. The van der Waals surface area contributed by atoms with Crippen molar-refractivity contribution in [3.8, 4) is 11.5 Å². The monoisotopic (exact) mass is 250 g/mol. The lowest BCUT2D eigenvalue weighted by Crippen LogP contribution is -2.10. The highest BCUT2D eigenvalue weighted by molar-refractivity contribution is 5.74. The van der Waals surface area contributed by atoms with Crippen LogP contribution in [0.1, 0.15) is 36.1 Å². The molecule has 0 unspecified atom stereocenters. The van der Waals surface area contributed by atoms with Gasteiger partial charge in [0.1, 0.15) is 11.5 Å². The highest BCUT2D eigenvalue weighted by Gasteiger charge is 2.19. The van der Waals surface area contributed by atoms with Gasteiger partial charge in [0, 0.05) is 13.8 Å². The van der Waals surface area contributed by atoms with Gasteiger partial charge in [-0.05, 0) is 49.9 Å². The predicted octanol–water partition coefficient (Wildman–Crippen LogP) is 2.77. The number of ether oxygens (including phenoxy) is 2. The van der Waals surface area contributed by atoms with Gasteiger partial charge in [-0.3, -0.25) is 9.59 Å². The summed E-state index contributed by atoms with van der Waals surface area (Å²) in [5.41, 5.74) is 3.24. The fourth-order valence-corrected chi connectivity index (χ4v) is 1.84. The Bertz CT molecular complexity index is 439. The van der Waals surface area contributed by atoms with E-state index in [2.05, 4.69) is 0 Å². The number of rotatable bonds is 2. The molecule has 0 heterocycles. The second-order valence-electron chi connectivity index (χ2n) is 4.35. The number of benzene rings is 1. The molecular formula is C14H18O4. The van der Waals surface area contributed by atoms with Crippen LogP contribution in [-0.4, -0.2) is 11.9 Å². The zero-order chi connectivity index (χ0) is 14.0. The van der Waals surface area contributed by atoms with Crippen molar-refractivity contribution >= 4 is 11.9 Å². The summed E-state index contributed by atoms with van der Waals surface area (Å²) in [4.78, 5) is 22.2. The fraction of sp³-hybridized carbons (Fsp3) is 0.429. The summed E-state index contributed by atoms with van der Waals surface area (Å²) in [5, 5.41) is 0. The van der Waals surface area contributed by atoms with E-state index >= 15 is 0 Å². The van der Waals surface area contributed by atoms with Crippen LogP contribution in [0, 0.1) is 27.7 Å². The van der Waals surface area contributed by atoms with Crippen LogP contribution in [-0.2, 0) is 9.59 Å². The molecule has 0 aliphatic rings. The average Bonchev–Trinajstić information content (AvgIpc) is 2.27. The van der Waals surface area contributed by atoms with Crippen molar-refractivity contribution in [1.82, 2.24) is 0 Å². The first-order chi connectivity index (χ1) is 8.25. The van der Waals surface area contributed by atoms with Gasteiger partial charge in [-0.25, -0.2) is 0 Å². The summed E-state index contributed by atoms with van der Waals surface area (Å²) in [5.74, 6) is 0.377. The Balaban J connectivity index is 3.44. The Labute approximate surface area is 107 Å².